The van der Waals surface area contributed by atoms with E-state index in [4.69, 9.17) is 18.5 Å². The highest BCUT2D eigenvalue weighted by Crippen LogP contribution is 2.38. The average molecular weight is 1370 g/mol. The largest absolute Gasteiger partial charge is 0.756 e. The summed E-state index contributed by atoms with van der Waals surface area (Å²) in [5, 5.41) is 0. The Hall–Kier alpha value is -1.77. The summed E-state index contributed by atoms with van der Waals surface area (Å²) in [5.74, 6) is -0.804. The lowest BCUT2D eigenvalue weighted by atomic mass is 10.0. The van der Waals surface area contributed by atoms with Gasteiger partial charge in [-0.3, -0.25) is 14.2 Å². The second kappa shape index (κ2) is 77.4. The van der Waals surface area contributed by atoms with E-state index in [9.17, 15) is 19.0 Å². The van der Waals surface area contributed by atoms with Gasteiger partial charge in [0.05, 0.1) is 27.7 Å². The number of likely N-dealkylation sites (N-methyl/N-ethyl adjacent to an activating group) is 1. The molecule has 0 saturated carbocycles. The number of esters is 2. The molecule has 2 atom stereocenters. The fourth-order valence-electron chi connectivity index (χ4n) is 13.1. The van der Waals surface area contributed by atoms with Gasteiger partial charge in [0.15, 0.2) is 6.10 Å². The number of hydrogen-bond donors (Lipinski definition) is 0. The molecule has 0 N–H and O–H groups in total. The number of allylic oxidation sites excluding steroid dienone is 6. The first-order valence-corrected chi connectivity index (χ1v) is 44.2. The molecule has 9 nitrogen and oxygen atoms in total. The molecular formula is C86H166NO8P. The van der Waals surface area contributed by atoms with Gasteiger partial charge in [-0.25, -0.2) is 0 Å². The fourth-order valence-corrected chi connectivity index (χ4v) is 13.9. The van der Waals surface area contributed by atoms with Crippen molar-refractivity contribution >= 4 is 19.8 Å². The van der Waals surface area contributed by atoms with Crippen molar-refractivity contribution in [3.8, 4) is 0 Å². The predicted molar refractivity (Wildman–Crippen MR) is 416 cm³/mol. The molecule has 0 bridgehead atoms. The topological polar surface area (TPSA) is 111 Å². The van der Waals surface area contributed by atoms with Crippen LogP contribution in [-0.2, 0) is 32.7 Å². The maximum atomic E-state index is 12.9. The molecule has 0 aliphatic rings. The molecule has 0 heterocycles. The van der Waals surface area contributed by atoms with Crippen LogP contribution in [0, 0.1) is 0 Å². The molecule has 0 aromatic heterocycles. The molecule has 568 valence electrons. The van der Waals surface area contributed by atoms with Crippen molar-refractivity contribution in [3.63, 3.8) is 0 Å². The van der Waals surface area contributed by atoms with Crippen LogP contribution in [0.2, 0.25) is 0 Å². The van der Waals surface area contributed by atoms with Crippen molar-refractivity contribution in [1.29, 1.82) is 0 Å². The van der Waals surface area contributed by atoms with E-state index in [-0.39, 0.29) is 32.0 Å². The molecule has 0 amide bonds. The smallest absolute Gasteiger partial charge is 0.306 e. The maximum absolute atomic E-state index is 12.9. The summed E-state index contributed by atoms with van der Waals surface area (Å²) < 4.78 is 34.5. The summed E-state index contributed by atoms with van der Waals surface area (Å²) in [5.41, 5.74) is 0. The Morgan fingerprint density at radius 2 is 0.562 bits per heavy atom. The van der Waals surface area contributed by atoms with E-state index in [0.29, 0.717) is 17.4 Å². The average Bonchev–Trinajstić information content (AvgIpc) is 1.98. The van der Waals surface area contributed by atoms with Gasteiger partial charge >= 0.3 is 11.9 Å². The van der Waals surface area contributed by atoms with Crippen LogP contribution < -0.4 is 4.89 Å². The Balaban J connectivity index is 3.87. The van der Waals surface area contributed by atoms with Crippen LogP contribution in [0.15, 0.2) is 36.5 Å². The van der Waals surface area contributed by atoms with Crippen LogP contribution in [0.25, 0.3) is 0 Å². The second-order valence-corrected chi connectivity index (χ2v) is 32.0. The first kappa shape index (κ1) is 94.2. The molecule has 0 fully saturated rings. The van der Waals surface area contributed by atoms with Crippen molar-refractivity contribution < 1.29 is 42.1 Å². The Morgan fingerprint density at radius 3 is 0.833 bits per heavy atom. The summed E-state index contributed by atoms with van der Waals surface area (Å²) in [4.78, 5) is 38.2. The third-order valence-corrected chi connectivity index (χ3v) is 20.6. The normalized spacial score (nSPS) is 13.1. The Morgan fingerprint density at radius 1 is 0.323 bits per heavy atom. The van der Waals surface area contributed by atoms with E-state index >= 15 is 0 Å². The summed E-state index contributed by atoms with van der Waals surface area (Å²) in [6, 6.07) is 0. The zero-order chi connectivity index (χ0) is 69.7. The van der Waals surface area contributed by atoms with Gasteiger partial charge in [-0.2, -0.15) is 0 Å². The van der Waals surface area contributed by atoms with Crippen LogP contribution in [-0.4, -0.2) is 70.0 Å². The second-order valence-electron chi connectivity index (χ2n) is 30.6. The Bertz CT molecular complexity index is 1710. The number of rotatable bonds is 81. The molecule has 2 unspecified atom stereocenters. The molecule has 0 aromatic rings. The van der Waals surface area contributed by atoms with Gasteiger partial charge in [0.25, 0.3) is 7.82 Å². The number of phosphoric ester groups is 1. The van der Waals surface area contributed by atoms with Crippen molar-refractivity contribution in [2.45, 2.75) is 457 Å². The standard InChI is InChI=1S/C86H166NO8P/c1-6-8-10-12-14-16-18-20-22-24-26-28-30-32-34-36-38-40-41-42-43-44-45-47-49-51-53-55-57-59-61-63-65-67-69-71-73-75-77-79-86(89)95-84(83-94-96(90,91)93-81-80-87(3,4)5)82-92-85(88)78-76-74-72-70-68-66-64-62-60-58-56-54-52-50-48-46-39-37-35-33-31-29-27-25-23-21-19-17-15-13-11-9-7-2/h18,20,24,26,30,32,84H,6-17,19,21-23,25,27-29,31,33-83H2,1-5H3/b20-18-,26-24-,32-30-. The van der Waals surface area contributed by atoms with Crippen LogP contribution >= 0.6 is 7.82 Å². The van der Waals surface area contributed by atoms with Crippen LogP contribution in [0.5, 0.6) is 0 Å². The zero-order valence-electron chi connectivity index (χ0n) is 65.1. The molecule has 10 heteroatoms. The maximum Gasteiger partial charge on any atom is 0.306 e. The summed E-state index contributed by atoms with van der Waals surface area (Å²) >= 11 is 0. The minimum atomic E-state index is -4.64. The SMILES string of the molecule is CCCCCCC/C=C\C/C=C\C/C=C\CCCCCCCCCCCCCCCCCCCCCCCCCCC(=O)OC(COC(=O)CCCCCCCCCCCCCCCCCCCCCCCCCCCCCCCCCCC)COP(=O)([O-])OCC[N+](C)(C)C. The van der Waals surface area contributed by atoms with E-state index in [2.05, 4.69) is 50.3 Å². The molecule has 96 heavy (non-hydrogen) atoms. The van der Waals surface area contributed by atoms with E-state index in [1.165, 1.54) is 372 Å². The monoisotopic (exact) mass is 1370 g/mol. The van der Waals surface area contributed by atoms with Crippen molar-refractivity contribution in [2.75, 3.05) is 47.5 Å². The highest BCUT2D eigenvalue weighted by molar-refractivity contribution is 7.45. The van der Waals surface area contributed by atoms with Gasteiger partial charge < -0.3 is 27.9 Å². The van der Waals surface area contributed by atoms with Crippen molar-refractivity contribution in [3.05, 3.63) is 36.5 Å². The third-order valence-electron chi connectivity index (χ3n) is 19.7. The van der Waals surface area contributed by atoms with Gasteiger partial charge in [0.2, 0.25) is 0 Å². The summed E-state index contributed by atoms with van der Waals surface area (Å²) in [6.45, 7) is 4.32. The molecule has 0 saturated heterocycles. The van der Waals surface area contributed by atoms with Gasteiger partial charge in [-0.05, 0) is 51.4 Å². The van der Waals surface area contributed by atoms with Gasteiger partial charge in [0, 0.05) is 12.8 Å². The van der Waals surface area contributed by atoms with Crippen molar-refractivity contribution in [2.24, 2.45) is 0 Å². The van der Waals surface area contributed by atoms with Crippen LogP contribution in [0.1, 0.15) is 450 Å². The fraction of sp³-hybridized carbons (Fsp3) is 0.907. The molecular weight excluding hydrogens is 1210 g/mol. The highest BCUT2D eigenvalue weighted by Gasteiger charge is 2.22. The lowest BCUT2D eigenvalue weighted by Gasteiger charge is -2.28. The van der Waals surface area contributed by atoms with E-state index in [1.54, 1.807) is 0 Å². The molecule has 0 aliphatic heterocycles. The number of quaternary nitrogens is 1. The number of nitrogens with zero attached hydrogens (tertiary/aromatic N) is 1. The zero-order valence-corrected chi connectivity index (χ0v) is 66.0. The number of hydrogen-bond acceptors (Lipinski definition) is 8. The Labute approximate surface area is 599 Å². The Kier molecular flexibility index (Phi) is 76.0. The lowest BCUT2D eigenvalue weighted by molar-refractivity contribution is -0.870. The first-order chi connectivity index (χ1) is 47.0. The first-order valence-electron chi connectivity index (χ1n) is 42.7. The molecule has 0 spiro atoms. The number of unbranched alkanes of at least 4 members (excludes halogenated alkanes) is 61. The van der Waals surface area contributed by atoms with E-state index in [0.717, 1.165) is 44.9 Å². The third kappa shape index (κ3) is 81.2. The number of carbonyl (C=O) groups excluding carboxylic acids is 2. The minimum absolute atomic E-state index is 0.0266. The lowest BCUT2D eigenvalue weighted by Crippen LogP contribution is -2.37. The molecule has 0 rings (SSSR count). The molecule has 0 aliphatic carbocycles. The van der Waals surface area contributed by atoms with Crippen molar-refractivity contribution in [1.82, 2.24) is 0 Å². The van der Waals surface area contributed by atoms with Gasteiger partial charge in [0.1, 0.15) is 19.8 Å². The minimum Gasteiger partial charge on any atom is -0.756 e. The van der Waals surface area contributed by atoms with E-state index < -0.39 is 26.5 Å². The molecule has 0 aromatic carbocycles. The van der Waals surface area contributed by atoms with Gasteiger partial charge in [-0.15, -0.1) is 0 Å². The highest BCUT2D eigenvalue weighted by atomic mass is 31.2. The molecule has 0 radical (unpaired) electrons. The predicted octanol–water partition coefficient (Wildman–Crippen LogP) is 27.9. The van der Waals surface area contributed by atoms with E-state index in [1.807, 2.05) is 21.1 Å². The van der Waals surface area contributed by atoms with Gasteiger partial charge in [-0.1, -0.05) is 423 Å². The number of carbonyl (C=O) groups is 2. The quantitative estimate of drug-likeness (QED) is 0.0195. The number of phosphoric acid groups is 1. The van der Waals surface area contributed by atoms with Crippen LogP contribution in [0.4, 0.5) is 0 Å². The van der Waals surface area contributed by atoms with Crippen LogP contribution in [0.3, 0.4) is 0 Å². The summed E-state index contributed by atoms with van der Waals surface area (Å²) in [7, 11) is 1.19. The number of ether oxygens (including phenoxy) is 2. The summed E-state index contributed by atoms with van der Waals surface area (Å²) in [6.07, 6.45) is 102.